The number of phenolic OH excluding ortho intramolecular Hbond substituents is 1. The molecular weight excluding hydrogens is 262 g/mol. The Morgan fingerprint density at radius 2 is 2.12 bits per heavy atom. The van der Waals surface area contributed by atoms with Crippen molar-refractivity contribution in [2.75, 3.05) is 5.21 Å². The molecule has 0 saturated heterocycles. The van der Waals surface area contributed by atoms with Gasteiger partial charge in [-0.25, -0.2) is 8.42 Å². The van der Waals surface area contributed by atoms with Gasteiger partial charge >= 0.3 is 0 Å². The summed E-state index contributed by atoms with van der Waals surface area (Å²) in [6, 6.07) is 6.68. The highest BCUT2D eigenvalue weighted by Crippen LogP contribution is 2.31. The van der Waals surface area contributed by atoms with Crippen LogP contribution in [0.2, 0.25) is 0 Å². The Labute approximate surface area is 106 Å². The second kappa shape index (κ2) is 4.84. The first-order valence-electron chi connectivity index (χ1n) is 5.36. The van der Waals surface area contributed by atoms with Gasteiger partial charge in [-0.15, -0.1) is 11.6 Å². The van der Waals surface area contributed by atoms with E-state index in [0.717, 1.165) is 18.4 Å². The molecule has 1 aliphatic rings. The lowest BCUT2D eigenvalue weighted by molar-refractivity contribution is 0.400. The maximum absolute atomic E-state index is 11.8. The van der Waals surface area contributed by atoms with Gasteiger partial charge in [0.2, 0.25) is 10.0 Å². The first kappa shape index (κ1) is 12.7. The summed E-state index contributed by atoms with van der Waals surface area (Å²) in [5.74, 6) is 0.140. The summed E-state index contributed by atoms with van der Waals surface area (Å²) in [4.78, 5) is 0. The van der Waals surface area contributed by atoms with Gasteiger partial charge in [-0.05, 0) is 30.5 Å². The number of aromatic hydroxyl groups is 1. The summed E-state index contributed by atoms with van der Waals surface area (Å²) >= 11 is 5.48. The Kier molecular flexibility index (Phi) is 3.61. The van der Waals surface area contributed by atoms with Gasteiger partial charge in [-0.1, -0.05) is 12.1 Å². The van der Waals surface area contributed by atoms with Crippen LogP contribution in [-0.2, 0) is 16.6 Å². The van der Waals surface area contributed by atoms with Crippen molar-refractivity contribution in [1.82, 2.24) is 4.31 Å². The Morgan fingerprint density at radius 3 is 2.65 bits per heavy atom. The normalized spacial score (nSPS) is 16.4. The van der Waals surface area contributed by atoms with Crippen molar-refractivity contribution >= 4 is 21.6 Å². The molecule has 1 fully saturated rings. The number of benzene rings is 1. The zero-order valence-corrected chi connectivity index (χ0v) is 10.8. The maximum atomic E-state index is 11.8. The summed E-state index contributed by atoms with van der Waals surface area (Å²) in [5.41, 5.74) is 0.769. The molecule has 0 bridgehead atoms. The highest BCUT2D eigenvalue weighted by atomic mass is 35.5. The summed E-state index contributed by atoms with van der Waals surface area (Å²) in [5, 5.41) is 8.95. The molecule has 0 heterocycles. The first-order chi connectivity index (χ1) is 8.03. The topological polar surface area (TPSA) is 57.6 Å². The molecule has 1 aromatic carbocycles. The van der Waals surface area contributed by atoms with Crippen molar-refractivity contribution < 1.29 is 13.5 Å². The molecule has 17 heavy (non-hydrogen) atoms. The van der Waals surface area contributed by atoms with Gasteiger partial charge in [0.25, 0.3) is 0 Å². The average molecular weight is 276 g/mol. The predicted molar refractivity (Wildman–Crippen MR) is 66.3 cm³/mol. The third-order valence-corrected chi connectivity index (χ3v) is 4.94. The molecule has 0 spiro atoms. The fraction of sp³-hybridized carbons (Fsp3) is 0.455. The van der Waals surface area contributed by atoms with Crippen molar-refractivity contribution in [2.24, 2.45) is 0 Å². The molecule has 94 valence electrons. The Hall–Kier alpha value is -0.780. The van der Waals surface area contributed by atoms with Crippen LogP contribution >= 0.6 is 11.6 Å². The molecule has 4 nitrogen and oxygen atoms in total. The fourth-order valence-corrected chi connectivity index (χ4v) is 3.23. The van der Waals surface area contributed by atoms with Gasteiger partial charge in [0.1, 0.15) is 11.0 Å². The minimum atomic E-state index is -3.39. The van der Waals surface area contributed by atoms with Crippen molar-refractivity contribution in [1.29, 1.82) is 0 Å². The molecule has 2 rings (SSSR count). The van der Waals surface area contributed by atoms with Crippen molar-refractivity contribution in [3.63, 3.8) is 0 Å². The van der Waals surface area contributed by atoms with Crippen molar-refractivity contribution in [3.05, 3.63) is 29.8 Å². The van der Waals surface area contributed by atoms with Gasteiger partial charge in [-0.3, -0.25) is 0 Å². The van der Waals surface area contributed by atoms with E-state index < -0.39 is 15.2 Å². The molecular formula is C11H14ClNO3S. The monoisotopic (exact) mass is 275 g/mol. The molecule has 1 aromatic rings. The number of hydrogen-bond acceptors (Lipinski definition) is 3. The fourth-order valence-electron chi connectivity index (χ4n) is 1.71. The summed E-state index contributed by atoms with van der Waals surface area (Å²) in [6.07, 6.45) is 1.77. The molecule has 0 radical (unpaired) electrons. The van der Waals surface area contributed by atoms with E-state index in [9.17, 15) is 13.5 Å². The van der Waals surface area contributed by atoms with E-state index in [1.165, 1.54) is 4.31 Å². The summed E-state index contributed by atoms with van der Waals surface area (Å²) < 4.78 is 25.0. The second-order valence-corrected chi connectivity index (χ2v) is 6.67. The number of phenols is 1. The van der Waals surface area contributed by atoms with Gasteiger partial charge in [0.15, 0.2) is 0 Å². The van der Waals surface area contributed by atoms with Gasteiger partial charge in [0.05, 0.1) is 0 Å². The van der Waals surface area contributed by atoms with E-state index in [2.05, 4.69) is 0 Å². The smallest absolute Gasteiger partial charge is 0.228 e. The van der Waals surface area contributed by atoms with E-state index in [0.29, 0.717) is 0 Å². The first-order valence-corrected chi connectivity index (χ1v) is 7.50. The van der Waals surface area contributed by atoms with Crippen LogP contribution in [0.3, 0.4) is 0 Å². The summed E-state index contributed by atoms with van der Waals surface area (Å²) in [6.45, 7) is 0.272. The number of hydrogen-bond donors (Lipinski definition) is 1. The zero-order valence-electron chi connectivity index (χ0n) is 9.21. The van der Waals surface area contributed by atoms with Gasteiger partial charge in [-0.2, -0.15) is 4.31 Å². The van der Waals surface area contributed by atoms with E-state index >= 15 is 0 Å². The molecule has 0 unspecified atom stereocenters. The van der Waals surface area contributed by atoms with Crippen LogP contribution in [0.5, 0.6) is 5.75 Å². The molecule has 6 heteroatoms. The third-order valence-electron chi connectivity index (χ3n) is 2.70. The Bertz CT molecular complexity index is 499. The van der Waals surface area contributed by atoms with E-state index in [4.69, 9.17) is 11.6 Å². The molecule has 0 aromatic heterocycles. The van der Waals surface area contributed by atoms with E-state index in [-0.39, 0.29) is 18.3 Å². The van der Waals surface area contributed by atoms with Gasteiger partial charge < -0.3 is 5.11 Å². The predicted octanol–water partition coefficient (Wildman–Crippen LogP) is 1.88. The quantitative estimate of drug-likeness (QED) is 0.835. The number of alkyl halides is 1. The van der Waals surface area contributed by atoms with Crippen LogP contribution in [-0.4, -0.2) is 29.1 Å². The highest BCUT2D eigenvalue weighted by molar-refractivity contribution is 7.90. The maximum Gasteiger partial charge on any atom is 0.228 e. The molecule has 1 aliphatic carbocycles. The molecule has 0 atom stereocenters. The van der Waals surface area contributed by atoms with Crippen LogP contribution in [0.15, 0.2) is 24.3 Å². The minimum Gasteiger partial charge on any atom is -0.508 e. The van der Waals surface area contributed by atoms with E-state index in [1.54, 1.807) is 24.3 Å². The Morgan fingerprint density at radius 1 is 1.41 bits per heavy atom. The minimum absolute atomic E-state index is 0.0705. The molecule has 1 N–H and O–H groups in total. The van der Waals surface area contributed by atoms with Crippen molar-refractivity contribution in [3.8, 4) is 5.75 Å². The molecule has 1 saturated carbocycles. The molecule has 0 aliphatic heterocycles. The lowest BCUT2D eigenvalue weighted by Crippen LogP contribution is -2.33. The van der Waals surface area contributed by atoms with Crippen LogP contribution in [0.25, 0.3) is 0 Å². The SMILES string of the molecule is O=S(=O)(CCl)N(Cc1cccc(O)c1)C1CC1. The largest absolute Gasteiger partial charge is 0.508 e. The highest BCUT2D eigenvalue weighted by Gasteiger charge is 2.36. The second-order valence-electron chi connectivity index (χ2n) is 4.17. The van der Waals surface area contributed by atoms with Crippen LogP contribution in [0, 0.1) is 0 Å². The Balaban J connectivity index is 2.19. The van der Waals surface area contributed by atoms with Crippen LogP contribution in [0.1, 0.15) is 18.4 Å². The lowest BCUT2D eigenvalue weighted by atomic mass is 10.2. The van der Waals surface area contributed by atoms with Crippen LogP contribution in [0.4, 0.5) is 0 Å². The number of rotatable bonds is 5. The summed E-state index contributed by atoms with van der Waals surface area (Å²) in [7, 11) is -3.39. The number of halogens is 1. The molecule has 0 amide bonds. The van der Waals surface area contributed by atoms with Crippen LogP contribution < -0.4 is 0 Å². The zero-order chi connectivity index (χ0) is 12.5. The number of nitrogens with zero attached hydrogens (tertiary/aromatic N) is 1. The lowest BCUT2D eigenvalue weighted by Gasteiger charge is -2.20. The van der Waals surface area contributed by atoms with Gasteiger partial charge in [0, 0.05) is 12.6 Å². The standard InChI is InChI=1S/C11H14ClNO3S/c12-8-17(15,16)13(10-4-5-10)7-9-2-1-3-11(14)6-9/h1-3,6,10,14H,4-5,7-8H2. The number of sulfonamides is 1. The third kappa shape index (κ3) is 3.12. The van der Waals surface area contributed by atoms with E-state index in [1.807, 2.05) is 0 Å². The van der Waals surface area contributed by atoms with Crippen molar-refractivity contribution in [2.45, 2.75) is 25.4 Å². The average Bonchev–Trinajstić information content (AvgIpc) is 3.10.